The molecule has 0 N–H and O–H groups in total. The minimum Gasteiger partial charge on any atom is -0.378 e. The molecular formula is C15H16N2O4. The van der Waals surface area contributed by atoms with Crippen molar-refractivity contribution in [3.63, 3.8) is 0 Å². The third-order valence-corrected chi connectivity index (χ3v) is 3.78. The smallest absolute Gasteiger partial charge is 0.262 e. The molecule has 110 valence electrons. The van der Waals surface area contributed by atoms with Crippen LogP contribution in [0.2, 0.25) is 0 Å². The Morgan fingerprint density at radius 3 is 2.52 bits per heavy atom. The molecule has 0 atom stereocenters. The molecular weight excluding hydrogens is 272 g/mol. The molecule has 1 aromatic carbocycles. The molecule has 1 aromatic rings. The molecule has 0 bridgehead atoms. The molecule has 2 aliphatic rings. The van der Waals surface area contributed by atoms with Gasteiger partial charge in [0.05, 0.1) is 24.3 Å². The Morgan fingerprint density at radius 2 is 1.81 bits per heavy atom. The van der Waals surface area contributed by atoms with Gasteiger partial charge >= 0.3 is 0 Å². The highest BCUT2D eigenvalue weighted by molar-refractivity contribution is 6.22. The van der Waals surface area contributed by atoms with Crippen molar-refractivity contribution >= 4 is 17.7 Å². The maximum absolute atomic E-state index is 12.3. The molecule has 3 rings (SSSR count). The van der Waals surface area contributed by atoms with Gasteiger partial charge in [-0.15, -0.1) is 0 Å². The lowest BCUT2D eigenvalue weighted by atomic mass is 10.1. The second-order valence-electron chi connectivity index (χ2n) is 5.24. The molecule has 0 radical (unpaired) electrons. The highest BCUT2D eigenvalue weighted by Gasteiger charge is 2.37. The van der Waals surface area contributed by atoms with Gasteiger partial charge in [0.2, 0.25) is 5.91 Å². The number of carbonyl (C=O) groups excluding carboxylic acids is 3. The van der Waals surface area contributed by atoms with Crippen LogP contribution >= 0.6 is 0 Å². The van der Waals surface area contributed by atoms with Crippen molar-refractivity contribution in [1.82, 2.24) is 9.80 Å². The molecule has 3 amide bonds. The van der Waals surface area contributed by atoms with E-state index in [0.29, 0.717) is 37.4 Å². The van der Waals surface area contributed by atoms with Crippen molar-refractivity contribution in [2.75, 3.05) is 32.8 Å². The molecule has 21 heavy (non-hydrogen) atoms. The van der Waals surface area contributed by atoms with Crippen molar-refractivity contribution in [2.45, 2.75) is 6.92 Å². The maximum atomic E-state index is 12.3. The van der Waals surface area contributed by atoms with Gasteiger partial charge in [-0.1, -0.05) is 11.6 Å². The number of fused-ring (bicyclic) bond motifs is 1. The minimum absolute atomic E-state index is 0.203. The molecule has 2 aliphatic heterocycles. The van der Waals surface area contributed by atoms with Crippen molar-refractivity contribution in [3.8, 4) is 0 Å². The number of rotatable bonds is 2. The van der Waals surface area contributed by atoms with Crippen LogP contribution in [-0.4, -0.2) is 60.4 Å². The lowest BCUT2D eigenvalue weighted by Crippen LogP contribution is -2.47. The summed E-state index contributed by atoms with van der Waals surface area (Å²) in [6.07, 6.45) is 0. The number of nitrogens with zero attached hydrogens (tertiary/aromatic N) is 2. The highest BCUT2D eigenvalue weighted by atomic mass is 16.5. The van der Waals surface area contributed by atoms with Crippen LogP contribution in [-0.2, 0) is 9.53 Å². The first-order valence-electron chi connectivity index (χ1n) is 6.90. The van der Waals surface area contributed by atoms with E-state index >= 15 is 0 Å². The van der Waals surface area contributed by atoms with Crippen LogP contribution < -0.4 is 0 Å². The van der Waals surface area contributed by atoms with Crippen molar-refractivity contribution in [3.05, 3.63) is 34.9 Å². The predicted molar refractivity (Wildman–Crippen MR) is 73.9 cm³/mol. The zero-order valence-electron chi connectivity index (χ0n) is 11.8. The summed E-state index contributed by atoms with van der Waals surface area (Å²) in [4.78, 5) is 39.4. The van der Waals surface area contributed by atoms with Gasteiger partial charge in [-0.05, 0) is 19.1 Å². The average Bonchev–Trinajstić information content (AvgIpc) is 2.73. The van der Waals surface area contributed by atoms with Gasteiger partial charge in [0.1, 0.15) is 6.54 Å². The van der Waals surface area contributed by atoms with E-state index in [-0.39, 0.29) is 18.4 Å². The molecule has 0 unspecified atom stereocenters. The number of imide groups is 1. The van der Waals surface area contributed by atoms with Gasteiger partial charge in [-0.25, -0.2) is 0 Å². The Labute approximate surface area is 122 Å². The van der Waals surface area contributed by atoms with E-state index in [0.717, 1.165) is 10.5 Å². The third kappa shape index (κ3) is 2.42. The highest BCUT2D eigenvalue weighted by Crippen LogP contribution is 2.23. The SMILES string of the molecule is Cc1ccc2c(c1)C(=O)N(CC(=O)N1CCOCC1)C2=O. The fourth-order valence-corrected chi connectivity index (χ4v) is 2.60. The monoisotopic (exact) mass is 288 g/mol. The number of ether oxygens (including phenoxy) is 1. The van der Waals surface area contributed by atoms with Crippen LogP contribution in [0, 0.1) is 6.92 Å². The van der Waals surface area contributed by atoms with Crippen molar-refractivity contribution < 1.29 is 19.1 Å². The lowest BCUT2D eigenvalue weighted by Gasteiger charge is -2.28. The number of hydrogen-bond acceptors (Lipinski definition) is 4. The van der Waals surface area contributed by atoms with Gasteiger partial charge in [0, 0.05) is 13.1 Å². The molecule has 0 spiro atoms. The van der Waals surface area contributed by atoms with Crippen LogP contribution in [0.5, 0.6) is 0 Å². The van der Waals surface area contributed by atoms with Gasteiger partial charge in [0.25, 0.3) is 11.8 Å². The molecule has 1 fully saturated rings. The number of aryl methyl sites for hydroxylation is 1. The molecule has 1 saturated heterocycles. The van der Waals surface area contributed by atoms with Gasteiger partial charge < -0.3 is 9.64 Å². The molecule has 6 heteroatoms. The topological polar surface area (TPSA) is 66.9 Å². The maximum Gasteiger partial charge on any atom is 0.262 e. The summed E-state index contributed by atoms with van der Waals surface area (Å²) in [6, 6.07) is 5.12. The lowest BCUT2D eigenvalue weighted by molar-refractivity contribution is -0.135. The van der Waals surface area contributed by atoms with E-state index in [4.69, 9.17) is 4.74 Å². The van der Waals surface area contributed by atoms with E-state index in [1.165, 1.54) is 0 Å². The largest absolute Gasteiger partial charge is 0.378 e. The van der Waals surface area contributed by atoms with Crippen molar-refractivity contribution in [1.29, 1.82) is 0 Å². The van der Waals surface area contributed by atoms with Crippen LogP contribution in [0.4, 0.5) is 0 Å². The summed E-state index contributed by atoms with van der Waals surface area (Å²) >= 11 is 0. The van der Waals surface area contributed by atoms with Crippen molar-refractivity contribution in [2.24, 2.45) is 0 Å². The Hall–Kier alpha value is -2.21. The van der Waals surface area contributed by atoms with Crippen LogP contribution in [0.1, 0.15) is 26.3 Å². The molecule has 0 aromatic heterocycles. The van der Waals surface area contributed by atoms with E-state index in [1.54, 1.807) is 23.1 Å². The number of morpholine rings is 1. The average molecular weight is 288 g/mol. The Bertz CT molecular complexity index is 620. The summed E-state index contributed by atoms with van der Waals surface area (Å²) in [5, 5.41) is 0. The van der Waals surface area contributed by atoms with E-state index < -0.39 is 5.91 Å². The Morgan fingerprint density at radius 1 is 1.14 bits per heavy atom. The summed E-state index contributed by atoms with van der Waals surface area (Å²) in [7, 11) is 0. The molecule has 0 saturated carbocycles. The number of amides is 3. The summed E-state index contributed by atoms with van der Waals surface area (Å²) in [6.45, 7) is 3.65. The zero-order chi connectivity index (χ0) is 15.0. The predicted octanol–water partition coefficient (Wildman–Crippen LogP) is 0.450. The minimum atomic E-state index is -0.392. The second-order valence-corrected chi connectivity index (χ2v) is 5.24. The molecule has 0 aliphatic carbocycles. The first-order chi connectivity index (χ1) is 10.1. The summed E-state index contributed by atoms with van der Waals surface area (Å²) in [5.74, 6) is -0.999. The standard InChI is InChI=1S/C15H16N2O4/c1-10-2-3-11-12(8-10)15(20)17(14(11)19)9-13(18)16-4-6-21-7-5-16/h2-3,8H,4-7,9H2,1H3. The van der Waals surface area contributed by atoms with Crippen LogP contribution in [0.25, 0.3) is 0 Å². The second kappa shape index (κ2) is 5.29. The van der Waals surface area contributed by atoms with Gasteiger partial charge in [-0.3, -0.25) is 19.3 Å². The van der Waals surface area contributed by atoms with Crippen LogP contribution in [0.3, 0.4) is 0 Å². The Balaban J connectivity index is 1.77. The number of carbonyl (C=O) groups is 3. The van der Waals surface area contributed by atoms with E-state index in [9.17, 15) is 14.4 Å². The van der Waals surface area contributed by atoms with Crippen LogP contribution in [0.15, 0.2) is 18.2 Å². The van der Waals surface area contributed by atoms with Gasteiger partial charge in [0.15, 0.2) is 0 Å². The normalized spacial score (nSPS) is 18.1. The molecule has 6 nitrogen and oxygen atoms in total. The first kappa shape index (κ1) is 13.8. The summed E-state index contributed by atoms with van der Waals surface area (Å²) < 4.78 is 5.18. The number of benzene rings is 1. The van der Waals surface area contributed by atoms with Gasteiger partial charge in [-0.2, -0.15) is 0 Å². The summed E-state index contributed by atoms with van der Waals surface area (Å²) in [5.41, 5.74) is 1.67. The van der Waals surface area contributed by atoms with E-state index in [2.05, 4.69) is 0 Å². The molecule has 2 heterocycles. The van der Waals surface area contributed by atoms with E-state index in [1.807, 2.05) is 6.92 Å². The zero-order valence-corrected chi connectivity index (χ0v) is 11.8. The first-order valence-corrected chi connectivity index (χ1v) is 6.90. The number of hydrogen-bond donors (Lipinski definition) is 0. The fraction of sp³-hybridized carbons (Fsp3) is 0.400. The fourth-order valence-electron chi connectivity index (χ4n) is 2.60. The Kier molecular flexibility index (Phi) is 3.47. The quantitative estimate of drug-likeness (QED) is 0.741. The third-order valence-electron chi connectivity index (χ3n) is 3.78.